The van der Waals surface area contributed by atoms with Crippen molar-refractivity contribution in [1.29, 1.82) is 0 Å². The fourth-order valence-corrected chi connectivity index (χ4v) is 3.27. The van der Waals surface area contributed by atoms with E-state index in [1.807, 2.05) is 29.2 Å². The molecule has 0 aliphatic rings. The quantitative estimate of drug-likeness (QED) is 0.509. The average Bonchev–Trinajstić information content (AvgIpc) is 3.26. The first-order valence-electron chi connectivity index (χ1n) is 9.31. The van der Waals surface area contributed by atoms with Gasteiger partial charge in [-0.2, -0.15) is 0 Å². The van der Waals surface area contributed by atoms with Gasteiger partial charge in [-0.25, -0.2) is 4.98 Å². The lowest BCUT2D eigenvalue weighted by Crippen LogP contribution is -2.14. The molecule has 2 heterocycles. The second-order valence-corrected chi connectivity index (χ2v) is 6.73. The lowest BCUT2D eigenvalue weighted by molar-refractivity contribution is 0.100. The molecule has 3 N–H and O–H groups in total. The SMILES string of the molecule is NC(=O)c1cnccc1NCc1ccccc1-c1ccc(Cn2ccnc2)cc1. The third-order valence-electron chi connectivity index (χ3n) is 4.76. The normalized spacial score (nSPS) is 10.6. The zero-order valence-electron chi connectivity index (χ0n) is 15.8. The van der Waals surface area contributed by atoms with Gasteiger partial charge in [0.15, 0.2) is 0 Å². The average molecular weight is 383 g/mol. The summed E-state index contributed by atoms with van der Waals surface area (Å²) in [6.45, 7) is 1.36. The minimum Gasteiger partial charge on any atom is -0.380 e. The number of pyridine rings is 1. The Morgan fingerprint density at radius 2 is 1.83 bits per heavy atom. The van der Waals surface area contributed by atoms with Crippen LogP contribution in [0.3, 0.4) is 0 Å². The standard InChI is InChI=1S/C23H21N5O/c24-23(29)21-14-25-10-9-22(21)27-13-19-3-1-2-4-20(19)18-7-5-17(6-8-18)15-28-12-11-26-16-28/h1-12,14,16H,13,15H2,(H2,24,29)(H,25,27). The van der Waals surface area contributed by atoms with E-state index in [0.29, 0.717) is 17.8 Å². The molecule has 0 aliphatic carbocycles. The predicted octanol–water partition coefficient (Wildman–Crippen LogP) is 3.70. The van der Waals surface area contributed by atoms with Crippen LogP contribution in [-0.2, 0) is 13.1 Å². The molecule has 4 aromatic rings. The molecule has 0 aliphatic heterocycles. The Kier molecular flexibility index (Phi) is 5.33. The summed E-state index contributed by atoms with van der Waals surface area (Å²) in [5, 5.41) is 3.31. The number of nitrogens with two attached hydrogens (primary N) is 1. The van der Waals surface area contributed by atoms with Crippen LogP contribution < -0.4 is 11.1 Å². The second-order valence-electron chi connectivity index (χ2n) is 6.73. The summed E-state index contributed by atoms with van der Waals surface area (Å²) in [6, 6.07) is 18.5. The molecule has 6 heteroatoms. The molecule has 6 nitrogen and oxygen atoms in total. The van der Waals surface area contributed by atoms with Crippen LogP contribution in [0.4, 0.5) is 5.69 Å². The van der Waals surface area contributed by atoms with Crippen LogP contribution in [0.15, 0.2) is 85.7 Å². The molecule has 0 bridgehead atoms. The van der Waals surface area contributed by atoms with Gasteiger partial charge >= 0.3 is 0 Å². The molecule has 1 amide bonds. The van der Waals surface area contributed by atoms with Gasteiger partial charge in [-0.1, -0.05) is 48.5 Å². The molecule has 0 atom stereocenters. The van der Waals surface area contributed by atoms with Crippen molar-refractivity contribution in [2.45, 2.75) is 13.1 Å². The molecule has 0 saturated carbocycles. The van der Waals surface area contributed by atoms with Crippen LogP contribution in [-0.4, -0.2) is 20.4 Å². The fourth-order valence-electron chi connectivity index (χ4n) is 3.27. The highest BCUT2D eigenvalue weighted by Gasteiger charge is 2.09. The van der Waals surface area contributed by atoms with Crippen molar-refractivity contribution in [3.05, 3.63) is 102 Å². The molecule has 4 rings (SSSR count). The first kappa shape index (κ1) is 18.4. The van der Waals surface area contributed by atoms with Crippen LogP contribution in [0.5, 0.6) is 0 Å². The number of carbonyl (C=O) groups is 1. The number of benzene rings is 2. The van der Waals surface area contributed by atoms with Gasteiger partial charge in [0.1, 0.15) is 0 Å². The molecule has 0 radical (unpaired) electrons. The Labute approximate surface area is 169 Å². The van der Waals surface area contributed by atoms with E-state index < -0.39 is 5.91 Å². The van der Waals surface area contributed by atoms with Gasteiger partial charge in [-0.15, -0.1) is 0 Å². The van der Waals surface area contributed by atoms with Gasteiger partial charge < -0.3 is 15.6 Å². The van der Waals surface area contributed by atoms with Crippen LogP contribution in [0, 0.1) is 0 Å². The summed E-state index contributed by atoms with van der Waals surface area (Å²) in [7, 11) is 0. The third kappa shape index (κ3) is 4.32. The van der Waals surface area contributed by atoms with Gasteiger partial charge in [-0.3, -0.25) is 9.78 Å². The highest BCUT2D eigenvalue weighted by atomic mass is 16.1. The number of hydrogen-bond donors (Lipinski definition) is 2. The monoisotopic (exact) mass is 383 g/mol. The van der Waals surface area contributed by atoms with Crippen LogP contribution in [0.25, 0.3) is 11.1 Å². The molecule has 2 aromatic carbocycles. The number of aromatic nitrogens is 3. The Morgan fingerprint density at radius 3 is 2.59 bits per heavy atom. The van der Waals surface area contributed by atoms with E-state index in [2.05, 4.69) is 51.7 Å². The Bertz CT molecular complexity index is 1100. The van der Waals surface area contributed by atoms with Crippen molar-refractivity contribution in [2.24, 2.45) is 5.73 Å². The van der Waals surface area contributed by atoms with E-state index in [9.17, 15) is 4.79 Å². The van der Waals surface area contributed by atoms with E-state index in [0.717, 1.165) is 23.2 Å². The van der Waals surface area contributed by atoms with Crippen molar-refractivity contribution >= 4 is 11.6 Å². The molecular weight excluding hydrogens is 362 g/mol. The number of amides is 1. The minimum absolute atomic E-state index is 0.383. The van der Waals surface area contributed by atoms with Crippen molar-refractivity contribution < 1.29 is 4.79 Å². The number of imidazole rings is 1. The maximum atomic E-state index is 11.6. The molecule has 144 valence electrons. The van der Waals surface area contributed by atoms with Gasteiger partial charge in [0.25, 0.3) is 5.91 Å². The molecule has 2 aromatic heterocycles. The summed E-state index contributed by atoms with van der Waals surface area (Å²) >= 11 is 0. The summed E-state index contributed by atoms with van der Waals surface area (Å²) in [5.74, 6) is -0.498. The number of primary amides is 1. The summed E-state index contributed by atoms with van der Waals surface area (Å²) < 4.78 is 2.04. The van der Waals surface area contributed by atoms with E-state index in [-0.39, 0.29) is 0 Å². The lowest BCUT2D eigenvalue weighted by Gasteiger charge is -2.14. The maximum Gasteiger partial charge on any atom is 0.252 e. The number of rotatable bonds is 7. The zero-order chi connectivity index (χ0) is 20.1. The van der Waals surface area contributed by atoms with E-state index in [1.165, 1.54) is 11.8 Å². The molecule has 29 heavy (non-hydrogen) atoms. The highest BCUT2D eigenvalue weighted by molar-refractivity contribution is 5.98. The van der Waals surface area contributed by atoms with Gasteiger partial charge in [-0.05, 0) is 28.3 Å². The predicted molar refractivity (Wildman–Crippen MR) is 113 cm³/mol. The van der Waals surface area contributed by atoms with Crippen LogP contribution in [0.1, 0.15) is 21.5 Å². The molecule has 0 saturated heterocycles. The van der Waals surface area contributed by atoms with Crippen molar-refractivity contribution in [1.82, 2.24) is 14.5 Å². The summed E-state index contributed by atoms with van der Waals surface area (Å²) in [6.07, 6.45) is 8.67. The summed E-state index contributed by atoms with van der Waals surface area (Å²) in [4.78, 5) is 19.7. The van der Waals surface area contributed by atoms with Crippen LogP contribution >= 0.6 is 0 Å². The van der Waals surface area contributed by atoms with Crippen LogP contribution in [0.2, 0.25) is 0 Å². The first-order valence-corrected chi connectivity index (χ1v) is 9.31. The number of carbonyl (C=O) groups excluding carboxylic acids is 1. The smallest absolute Gasteiger partial charge is 0.252 e. The molecular formula is C23H21N5O. The number of anilines is 1. The Morgan fingerprint density at radius 1 is 1.00 bits per heavy atom. The number of nitrogens with one attached hydrogen (secondary N) is 1. The second kappa shape index (κ2) is 8.39. The van der Waals surface area contributed by atoms with Crippen molar-refractivity contribution in [2.75, 3.05) is 5.32 Å². The van der Waals surface area contributed by atoms with Crippen molar-refractivity contribution in [3.8, 4) is 11.1 Å². The minimum atomic E-state index is -0.498. The molecule has 0 spiro atoms. The summed E-state index contributed by atoms with van der Waals surface area (Å²) in [5.41, 5.74) is 11.1. The maximum absolute atomic E-state index is 11.6. The number of nitrogens with zero attached hydrogens (tertiary/aromatic N) is 3. The first-order chi connectivity index (χ1) is 14.2. The van der Waals surface area contributed by atoms with E-state index in [4.69, 9.17) is 5.73 Å². The largest absolute Gasteiger partial charge is 0.380 e. The van der Waals surface area contributed by atoms with Gasteiger partial charge in [0, 0.05) is 37.9 Å². The van der Waals surface area contributed by atoms with Gasteiger partial charge in [0.05, 0.1) is 17.6 Å². The third-order valence-corrected chi connectivity index (χ3v) is 4.76. The zero-order valence-corrected chi connectivity index (χ0v) is 15.8. The Balaban J connectivity index is 1.53. The molecule has 0 unspecified atom stereocenters. The number of hydrogen-bond acceptors (Lipinski definition) is 4. The molecule has 0 fully saturated rings. The highest BCUT2D eigenvalue weighted by Crippen LogP contribution is 2.25. The van der Waals surface area contributed by atoms with E-state index in [1.54, 1.807) is 18.5 Å². The lowest BCUT2D eigenvalue weighted by atomic mass is 9.98. The topological polar surface area (TPSA) is 85.8 Å². The van der Waals surface area contributed by atoms with E-state index >= 15 is 0 Å². The fraction of sp³-hybridized carbons (Fsp3) is 0.0870. The van der Waals surface area contributed by atoms with Gasteiger partial charge in [0.2, 0.25) is 0 Å². The Hall–Kier alpha value is -3.93. The van der Waals surface area contributed by atoms with Crippen molar-refractivity contribution in [3.63, 3.8) is 0 Å².